The van der Waals surface area contributed by atoms with Gasteiger partial charge in [0, 0.05) is 18.2 Å². The molecule has 0 bridgehead atoms. The van der Waals surface area contributed by atoms with Crippen molar-refractivity contribution in [2.24, 2.45) is 5.92 Å². The lowest BCUT2D eigenvalue weighted by molar-refractivity contribution is 0.273. The van der Waals surface area contributed by atoms with E-state index in [1.54, 1.807) is 0 Å². The van der Waals surface area contributed by atoms with Crippen molar-refractivity contribution in [3.8, 4) is 0 Å². The largest absolute Gasteiger partial charge is 0.390 e. The first-order chi connectivity index (χ1) is 7.13. The van der Waals surface area contributed by atoms with Crippen LogP contribution in [-0.4, -0.2) is 14.7 Å². The van der Waals surface area contributed by atoms with Crippen molar-refractivity contribution in [3.05, 3.63) is 17.2 Å². The third kappa shape index (κ3) is 1.81. The number of hydrogen-bond acceptors (Lipinski definition) is 2. The van der Waals surface area contributed by atoms with Gasteiger partial charge in [-0.05, 0) is 18.8 Å². The molecule has 1 aromatic rings. The molecule has 0 aliphatic carbocycles. The van der Waals surface area contributed by atoms with E-state index in [4.69, 9.17) is 0 Å². The molecule has 0 saturated heterocycles. The highest BCUT2D eigenvalue weighted by molar-refractivity contribution is 5.20. The van der Waals surface area contributed by atoms with Crippen LogP contribution in [-0.2, 0) is 19.6 Å². The van der Waals surface area contributed by atoms with Crippen molar-refractivity contribution >= 4 is 0 Å². The summed E-state index contributed by atoms with van der Waals surface area (Å²) in [5, 5.41) is 9.30. The summed E-state index contributed by atoms with van der Waals surface area (Å²) in [4.78, 5) is 4.56. The number of hydrogen-bond donors (Lipinski definition) is 1. The van der Waals surface area contributed by atoms with Gasteiger partial charge in [-0.25, -0.2) is 4.98 Å². The molecule has 2 heterocycles. The highest BCUT2D eigenvalue weighted by Crippen LogP contribution is 2.27. The third-order valence-corrected chi connectivity index (χ3v) is 3.24. The fourth-order valence-electron chi connectivity index (χ4n) is 2.38. The Labute approximate surface area is 91.1 Å². The van der Waals surface area contributed by atoms with Gasteiger partial charge in [-0.1, -0.05) is 20.8 Å². The van der Waals surface area contributed by atoms with Crippen LogP contribution in [0.1, 0.15) is 50.3 Å². The molecule has 1 N–H and O–H groups in total. The average Bonchev–Trinajstić information content (AvgIpc) is 2.55. The topological polar surface area (TPSA) is 38.0 Å². The predicted octanol–water partition coefficient (Wildman–Crippen LogP) is 2.08. The van der Waals surface area contributed by atoms with Crippen LogP contribution in [0.2, 0.25) is 0 Å². The Balaban J connectivity index is 2.45. The van der Waals surface area contributed by atoms with Gasteiger partial charge in [-0.3, -0.25) is 0 Å². The molecule has 3 nitrogen and oxygen atoms in total. The zero-order valence-corrected chi connectivity index (χ0v) is 9.82. The maximum Gasteiger partial charge on any atom is 0.111 e. The van der Waals surface area contributed by atoms with E-state index in [-0.39, 0.29) is 6.61 Å². The van der Waals surface area contributed by atoms with E-state index in [1.165, 1.54) is 12.1 Å². The van der Waals surface area contributed by atoms with Crippen LogP contribution in [0.15, 0.2) is 0 Å². The monoisotopic (exact) mass is 208 g/mol. The second-order valence-electron chi connectivity index (χ2n) is 4.93. The predicted molar refractivity (Wildman–Crippen MR) is 59.7 cm³/mol. The van der Waals surface area contributed by atoms with Gasteiger partial charge in [-0.2, -0.15) is 0 Å². The molecular weight excluding hydrogens is 188 g/mol. The van der Waals surface area contributed by atoms with Crippen LogP contribution in [0.25, 0.3) is 0 Å². The lowest BCUT2D eigenvalue weighted by Crippen LogP contribution is -2.19. The first-order valence-electron chi connectivity index (χ1n) is 5.82. The van der Waals surface area contributed by atoms with Gasteiger partial charge in [0.1, 0.15) is 5.82 Å². The molecule has 0 amide bonds. The lowest BCUT2D eigenvalue weighted by atomic mass is 9.97. The molecule has 1 aliphatic heterocycles. The van der Waals surface area contributed by atoms with E-state index in [1.807, 2.05) is 0 Å². The standard InChI is InChI=1S/C12H20N2O/c1-8(2)12-13-10(7-15)11-6-9(3)4-5-14(11)12/h8-9,15H,4-7H2,1-3H3. The van der Waals surface area contributed by atoms with Crippen LogP contribution in [0.4, 0.5) is 0 Å². The molecule has 1 aliphatic rings. The molecule has 1 unspecified atom stereocenters. The van der Waals surface area contributed by atoms with Crippen molar-refractivity contribution in [1.82, 2.24) is 9.55 Å². The minimum atomic E-state index is 0.0781. The Morgan fingerprint density at radius 1 is 1.53 bits per heavy atom. The van der Waals surface area contributed by atoms with Crippen molar-refractivity contribution in [2.45, 2.75) is 52.7 Å². The number of fused-ring (bicyclic) bond motifs is 1. The summed E-state index contributed by atoms with van der Waals surface area (Å²) in [6.45, 7) is 7.74. The number of aliphatic hydroxyl groups is 1. The van der Waals surface area contributed by atoms with Crippen molar-refractivity contribution in [1.29, 1.82) is 0 Å². The molecule has 2 rings (SSSR count). The summed E-state index contributed by atoms with van der Waals surface area (Å²) in [6, 6.07) is 0. The second-order valence-corrected chi connectivity index (χ2v) is 4.93. The minimum absolute atomic E-state index is 0.0781. The summed E-state index contributed by atoms with van der Waals surface area (Å²) in [5.41, 5.74) is 2.16. The fraction of sp³-hybridized carbons (Fsp3) is 0.750. The average molecular weight is 208 g/mol. The van der Waals surface area contributed by atoms with Crippen molar-refractivity contribution in [3.63, 3.8) is 0 Å². The Kier molecular flexibility index (Phi) is 2.83. The molecule has 0 aromatic carbocycles. The highest BCUT2D eigenvalue weighted by Gasteiger charge is 2.23. The number of imidazole rings is 1. The first kappa shape index (κ1) is 10.7. The number of rotatable bonds is 2. The molecule has 15 heavy (non-hydrogen) atoms. The van der Waals surface area contributed by atoms with E-state index in [0.29, 0.717) is 5.92 Å². The molecule has 0 spiro atoms. The Morgan fingerprint density at radius 3 is 2.87 bits per heavy atom. The van der Waals surface area contributed by atoms with E-state index >= 15 is 0 Å². The van der Waals surface area contributed by atoms with Crippen LogP contribution >= 0.6 is 0 Å². The molecule has 0 radical (unpaired) electrons. The summed E-state index contributed by atoms with van der Waals surface area (Å²) < 4.78 is 2.32. The van der Waals surface area contributed by atoms with Gasteiger partial charge in [0.25, 0.3) is 0 Å². The Hall–Kier alpha value is -0.830. The van der Waals surface area contributed by atoms with E-state index in [2.05, 4.69) is 30.3 Å². The zero-order valence-electron chi connectivity index (χ0n) is 9.82. The van der Waals surface area contributed by atoms with Gasteiger partial charge < -0.3 is 9.67 Å². The minimum Gasteiger partial charge on any atom is -0.390 e. The van der Waals surface area contributed by atoms with E-state index in [0.717, 1.165) is 30.4 Å². The summed E-state index contributed by atoms with van der Waals surface area (Å²) >= 11 is 0. The molecule has 0 saturated carbocycles. The van der Waals surface area contributed by atoms with Crippen molar-refractivity contribution in [2.75, 3.05) is 0 Å². The number of aromatic nitrogens is 2. The zero-order chi connectivity index (χ0) is 11.0. The lowest BCUT2D eigenvalue weighted by Gasteiger charge is -2.23. The van der Waals surface area contributed by atoms with Gasteiger partial charge in [-0.15, -0.1) is 0 Å². The van der Waals surface area contributed by atoms with Crippen LogP contribution in [0.5, 0.6) is 0 Å². The Bertz CT molecular complexity index is 355. The van der Waals surface area contributed by atoms with Gasteiger partial charge in [0.2, 0.25) is 0 Å². The van der Waals surface area contributed by atoms with Crippen LogP contribution in [0, 0.1) is 5.92 Å². The summed E-state index contributed by atoms with van der Waals surface area (Å²) in [6.07, 6.45) is 2.30. The van der Waals surface area contributed by atoms with E-state index < -0.39 is 0 Å². The third-order valence-electron chi connectivity index (χ3n) is 3.24. The molecular formula is C12H20N2O. The molecule has 84 valence electrons. The van der Waals surface area contributed by atoms with Gasteiger partial charge in [0.15, 0.2) is 0 Å². The van der Waals surface area contributed by atoms with Crippen LogP contribution < -0.4 is 0 Å². The Morgan fingerprint density at radius 2 is 2.27 bits per heavy atom. The number of nitrogens with zero attached hydrogens (tertiary/aromatic N) is 2. The molecule has 0 fully saturated rings. The normalized spacial score (nSPS) is 20.7. The van der Waals surface area contributed by atoms with Crippen LogP contribution in [0.3, 0.4) is 0 Å². The summed E-state index contributed by atoms with van der Waals surface area (Å²) in [7, 11) is 0. The second kappa shape index (κ2) is 3.97. The van der Waals surface area contributed by atoms with Crippen molar-refractivity contribution < 1.29 is 5.11 Å². The molecule has 1 atom stereocenters. The summed E-state index contributed by atoms with van der Waals surface area (Å²) in [5.74, 6) is 2.30. The fourth-order valence-corrected chi connectivity index (χ4v) is 2.38. The van der Waals surface area contributed by atoms with Gasteiger partial charge in [0.05, 0.1) is 12.3 Å². The van der Waals surface area contributed by atoms with Gasteiger partial charge >= 0.3 is 0 Å². The maximum atomic E-state index is 9.30. The maximum absolute atomic E-state index is 9.30. The SMILES string of the molecule is CC1CCn2c(C(C)C)nc(CO)c2C1. The molecule has 3 heteroatoms. The van der Waals surface area contributed by atoms with E-state index in [9.17, 15) is 5.11 Å². The number of aliphatic hydroxyl groups excluding tert-OH is 1. The highest BCUT2D eigenvalue weighted by atomic mass is 16.3. The smallest absolute Gasteiger partial charge is 0.111 e. The molecule has 1 aromatic heterocycles. The first-order valence-corrected chi connectivity index (χ1v) is 5.82. The quantitative estimate of drug-likeness (QED) is 0.808.